The molecule has 31 heavy (non-hydrogen) atoms. The van der Waals surface area contributed by atoms with Crippen LogP contribution in [0.3, 0.4) is 0 Å². The van der Waals surface area contributed by atoms with Crippen LogP contribution in [0.15, 0.2) is 29.3 Å². The third kappa shape index (κ3) is 20.2. The molecular formula is C22H41N5O4. The summed E-state index contributed by atoms with van der Waals surface area (Å²) in [6, 6.07) is -0.638. The lowest BCUT2D eigenvalue weighted by Gasteiger charge is -2.22. The number of nitrogens with one attached hydrogen (secondary N) is 2. The molecule has 0 saturated carbocycles. The normalized spacial score (nSPS) is 12.5. The lowest BCUT2D eigenvalue weighted by Crippen LogP contribution is -2.49. The predicted octanol–water partition coefficient (Wildman–Crippen LogP) is 2.08. The maximum atomic E-state index is 12.2. The standard InChI is InChI=1S/C18H30N2O4.C4H11N3/c1-4-6-7-8-9-11-15(21)20-17(14(3)5-2)18(24)19-13-10-12-16(22)23;1-2-3-7-4(5)6/h9-12,14,17H,4-8,13H2,1-3H3,(H,19,24)(H,20,21)(H,22,23);2-3H2,1H3,(H4,5,6,7)/b11-9+,12-10+;. The van der Waals surface area contributed by atoms with Crippen LogP contribution in [0.2, 0.25) is 0 Å². The van der Waals surface area contributed by atoms with Crippen LogP contribution in [-0.4, -0.2) is 48.0 Å². The highest BCUT2D eigenvalue weighted by atomic mass is 16.4. The number of aliphatic carboxylic acids is 1. The van der Waals surface area contributed by atoms with Crippen LogP contribution in [0.4, 0.5) is 0 Å². The van der Waals surface area contributed by atoms with Gasteiger partial charge in [0.05, 0.1) is 0 Å². The number of unbranched alkanes of at least 4 members (excludes halogenated alkanes) is 3. The van der Waals surface area contributed by atoms with Crippen molar-refractivity contribution in [3.8, 4) is 0 Å². The first-order valence-electron chi connectivity index (χ1n) is 10.9. The van der Waals surface area contributed by atoms with Gasteiger partial charge in [-0.05, 0) is 31.3 Å². The van der Waals surface area contributed by atoms with Gasteiger partial charge in [-0.2, -0.15) is 0 Å². The van der Waals surface area contributed by atoms with Crippen LogP contribution in [0.5, 0.6) is 0 Å². The van der Waals surface area contributed by atoms with Gasteiger partial charge in [-0.15, -0.1) is 0 Å². The number of aliphatic imine (C=N–C) groups is 1. The summed E-state index contributed by atoms with van der Waals surface area (Å²) in [6.07, 6.45) is 11.5. The summed E-state index contributed by atoms with van der Waals surface area (Å²) in [5.74, 6) is -1.50. The minimum Gasteiger partial charge on any atom is -0.478 e. The molecule has 2 unspecified atom stereocenters. The first-order chi connectivity index (χ1) is 14.7. The van der Waals surface area contributed by atoms with Gasteiger partial charge in [0, 0.05) is 19.2 Å². The molecular weight excluding hydrogens is 398 g/mol. The molecule has 0 aliphatic rings. The first-order valence-corrected chi connectivity index (χ1v) is 10.9. The number of hydrogen-bond donors (Lipinski definition) is 5. The van der Waals surface area contributed by atoms with Gasteiger partial charge in [0.15, 0.2) is 5.96 Å². The molecule has 9 heteroatoms. The van der Waals surface area contributed by atoms with Gasteiger partial charge in [-0.3, -0.25) is 14.6 Å². The number of carbonyl (C=O) groups excluding carboxylic acids is 2. The van der Waals surface area contributed by atoms with Gasteiger partial charge in [-0.25, -0.2) is 4.79 Å². The zero-order valence-corrected chi connectivity index (χ0v) is 19.4. The van der Waals surface area contributed by atoms with Gasteiger partial charge >= 0.3 is 5.97 Å². The van der Waals surface area contributed by atoms with E-state index in [1.807, 2.05) is 26.8 Å². The Morgan fingerprint density at radius 1 is 1.03 bits per heavy atom. The van der Waals surface area contributed by atoms with Crippen molar-refractivity contribution in [3.05, 3.63) is 24.3 Å². The topological polar surface area (TPSA) is 160 Å². The summed E-state index contributed by atoms with van der Waals surface area (Å²) in [7, 11) is 0. The van der Waals surface area contributed by atoms with E-state index in [0.29, 0.717) is 0 Å². The number of carboxylic acid groups (broad SMARTS) is 1. The van der Waals surface area contributed by atoms with Crippen molar-refractivity contribution in [2.24, 2.45) is 22.4 Å². The summed E-state index contributed by atoms with van der Waals surface area (Å²) in [4.78, 5) is 38.3. The molecule has 178 valence electrons. The molecule has 0 rings (SSSR count). The maximum absolute atomic E-state index is 12.2. The number of rotatable bonds is 14. The Kier molecular flexibility index (Phi) is 20.0. The number of guanidine groups is 1. The van der Waals surface area contributed by atoms with Crippen molar-refractivity contribution in [2.75, 3.05) is 13.1 Å². The van der Waals surface area contributed by atoms with E-state index >= 15 is 0 Å². The monoisotopic (exact) mass is 439 g/mol. The van der Waals surface area contributed by atoms with Gasteiger partial charge in [-0.1, -0.05) is 59.1 Å². The fourth-order valence-corrected chi connectivity index (χ4v) is 2.28. The summed E-state index contributed by atoms with van der Waals surface area (Å²) in [5, 5.41) is 13.9. The molecule has 0 aromatic heterocycles. The van der Waals surface area contributed by atoms with Crippen LogP contribution in [0.25, 0.3) is 0 Å². The summed E-state index contributed by atoms with van der Waals surface area (Å²) in [5.41, 5.74) is 10.0. The smallest absolute Gasteiger partial charge is 0.328 e. The number of hydrogen-bond acceptors (Lipinski definition) is 4. The summed E-state index contributed by atoms with van der Waals surface area (Å²) in [6.45, 7) is 8.83. The van der Waals surface area contributed by atoms with Crippen LogP contribution in [0, 0.1) is 5.92 Å². The number of nitrogens with two attached hydrogens (primary N) is 2. The average molecular weight is 440 g/mol. The van der Waals surface area contributed by atoms with E-state index in [1.165, 1.54) is 12.2 Å². The van der Waals surface area contributed by atoms with Gasteiger partial charge < -0.3 is 27.2 Å². The van der Waals surface area contributed by atoms with Crippen LogP contribution in [-0.2, 0) is 14.4 Å². The Hall–Kier alpha value is -2.84. The Bertz CT molecular complexity index is 599. The molecule has 2 amide bonds. The lowest BCUT2D eigenvalue weighted by molar-refractivity contribution is -0.131. The number of carbonyl (C=O) groups is 3. The molecule has 7 N–H and O–H groups in total. The fraction of sp³-hybridized carbons (Fsp3) is 0.636. The quantitative estimate of drug-likeness (QED) is 0.120. The summed E-state index contributed by atoms with van der Waals surface area (Å²) < 4.78 is 0. The van der Waals surface area contributed by atoms with Crippen molar-refractivity contribution in [2.45, 2.75) is 72.3 Å². The molecule has 9 nitrogen and oxygen atoms in total. The molecule has 0 aliphatic heterocycles. The SMILES string of the molecule is CCCCC/C=C/C(=O)NC(C(=O)NC/C=C/C(=O)O)C(C)CC.CCCN=C(N)N. The summed E-state index contributed by atoms with van der Waals surface area (Å²) >= 11 is 0. The second-order valence-corrected chi connectivity index (χ2v) is 7.06. The van der Waals surface area contributed by atoms with Crippen molar-refractivity contribution < 1.29 is 19.5 Å². The largest absolute Gasteiger partial charge is 0.478 e. The molecule has 0 spiro atoms. The second-order valence-electron chi connectivity index (χ2n) is 7.06. The highest BCUT2D eigenvalue weighted by molar-refractivity contribution is 5.93. The van der Waals surface area contributed by atoms with Gasteiger partial charge in [0.25, 0.3) is 0 Å². The minimum absolute atomic E-state index is 0.0223. The molecule has 0 fully saturated rings. The van der Waals surface area contributed by atoms with Gasteiger partial charge in [0.1, 0.15) is 6.04 Å². The van der Waals surface area contributed by atoms with Crippen molar-refractivity contribution in [1.29, 1.82) is 0 Å². The zero-order chi connectivity index (χ0) is 24.1. The molecule has 0 aromatic rings. The number of amides is 2. The lowest BCUT2D eigenvalue weighted by atomic mass is 9.98. The highest BCUT2D eigenvalue weighted by Gasteiger charge is 2.24. The molecule has 0 heterocycles. The number of nitrogens with zero attached hydrogens (tertiary/aromatic N) is 1. The van der Waals surface area contributed by atoms with E-state index in [-0.39, 0.29) is 30.2 Å². The van der Waals surface area contributed by atoms with Crippen molar-refractivity contribution in [1.82, 2.24) is 10.6 Å². The second kappa shape index (κ2) is 20.4. The maximum Gasteiger partial charge on any atom is 0.328 e. The van der Waals surface area contributed by atoms with E-state index in [2.05, 4.69) is 22.5 Å². The molecule has 0 saturated heterocycles. The highest BCUT2D eigenvalue weighted by Crippen LogP contribution is 2.08. The van der Waals surface area contributed by atoms with E-state index in [9.17, 15) is 14.4 Å². The molecule has 0 aromatic carbocycles. The fourth-order valence-electron chi connectivity index (χ4n) is 2.28. The van der Waals surface area contributed by atoms with E-state index in [4.69, 9.17) is 16.6 Å². The third-order valence-electron chi connectivity index (χ3n) is 4.21. The Morgan fingerprint density at radius 2 is 1.71 bits per heavy atom. The number of allylic oxidation sites excluding steroid dienone is 1. The predicted molar refractivity (Wildman–Crippen MR) is 125 cm³/mol. The van der Waals surface area contributed by atoms with Crippen LogP contribution < -0.4 is 22.1 Å². The van der Waals surface area contributed by atoms with Crippen molar-refractivity contribution in [3.63, 3.8) is 0 Å². The van der Waals surface area contributed by atoms with Crippen molar-refractivity contribution >= 4 is 23.7 Å². The zero-order valence-electron chi connectivity index (χ0n) is 19.4. The van der Waals surface area contributed by atoms with Crippen LogP contribution >= 0.6 is 0 Å². The van der Waals surface area contributed by atoms with E-state index < -0.39 is 12.0 Å². The van der Waals surface area contributed by atoms with Gasteiger partial charge in [0.2, 0.25) is 11.8 Å². The van der Waals surface area contributed by atoms with Crippen LogP contribution in [0.1, 0.15) is 66.2 Å². The molecule has 0 bridgehead atoms. The minimum atomic E-state index is -1.07. The average Bonchev–Trinajstić information content (AvgIpc) is 2.73. The molecule has 0 radical (unpaired) electrons. The number of carboxylic acids is 1. The Morgan fingerprint density at radius 3 is 2.19 bits per heavy atom. The Balaban J connectivity index is 0. The Labute approximate surface area is 186 Å². The third-order valence-corrected chi connectivity index (χ3v) is 4.21. The molecule has 2 atom stereocenters. The van der Waals surface area contributed by atoms with E-state index in [0.717, 1.165) is 51.1 Å². The first kappa shape index (κ1) is 30.4. The van der Waals surface area contributed by atoms with E-state index in [1.54, 1.807) is 0 Å². The molecule has 0 aliphatic carbocycles.